The number of hydrogen-bond donors (Lipinski definition) is 0. The van der Waals surface area contributed by atoms with Gasteiger partial charge in [0, 0.05) is 29.1 Å². The van der Waals surface area contributed by atoms with E-state index in [1.165, 1.54) is 49.1 Å². The maximum Gasteiger partial charge on any atom is 0.0645 e. The Labute approximate surface area is 264 Å². The normalized spacial score (nSPS) is 18.1. The fourth-order valence-corrected chi connectivity index (χ4v) is 7.79. The Morgan fingerprint density at radius 1 is 0.800 bits per heavy atom. The average Bonchev–Trinajstić information content (AvgIpc) is 3.43. The van der Waals surface area contributed by atoms with Crippen molar-refractivity contribution in [1.29, 1.82) is 0 Å². The minimum Gasteiger partial charge on any atom is -0.308 e. The summed E-state index contributed by atoms with van der Waals surface area (Å²) >= 11 is 0. The molecule has 0 radical (unpaired) electrons. The van der Waals surface area contributed by atoms with Gasteiger partial charge in [0.05, 0.1) is 17.6 Å². The van der Waals surface area contributed by atoms with E-state index in [2.05, 4.69) is 138 Å². The van der Waals surface area contributed by atoms with Crippen molar-refractivity contribution in [1.82, 2.24) is 4.98 Å². The molecule has 0 saturated heterocycles. The first kappa shape index (κ1) is 27.1. The van der Waals surface area contributed by atoms with Crippen molar-refractivity contribution >= 4 is 39.0 Å². The summed E-state index contributed by atoms with van der Waals surface area (Å²) in [7, 11) is 0. The molecule has 2 nitrogen and oxygen atoms in total. The zero-order valence-corrected chi connectivity index (χ0v) is 25.2. The first-order valence-corrected chi connectivity index (χ1v) is 15.7. The summed E-state index contributed by atoms with van der Waals surface area (Å²) in [6, 6.07) is 35.3. The van der Waals surface area contributed by atoms with Gasteiger partial charge in [0.2, 0.25) is 0 Å². The van der Waals surface area contributed by atoms with Gasteiger partial charge in [0.1, 0.15) is 0 Å². The van der Waals surface area contributed by atoms with Gasteiger partial charge in [0.15, 0.2) is 0 Å². The molecule has 1 heterocycles. The summed E-state index contributed by atoms with van der Waals surface area (Å²) in [6.07, 6.45) is 18.7. The third-order valence-electron chi connectivity index (χ3n) is 9.51. The van der Waals surface area contributed by atoms with Gasteiger partial charge in [-0.1, -0.05) is 116 Å². The number of fused-ring (bicyclic) bond motifs is 4. The predicted octanol–water partition coefficient (Wildman–Crippen LogP) is 9.48. The molecule has 0 spiro atoms. The summed E-state index contributed by atoms with van der Waals surface area (Å²) in [5.74, 6) is 0.347. The number of aromatic nitrogens is 1. The second-order valence-electron chi connectivity index (χ2n) is 11.9. The van der Waals surface area contributed by atoms with Crippen molar-refractivity contribution in [3.8, 4) is 0 Å². The Hall–Kier alpha value is -5.47. The molecule has 2 atom stereocenters. The van der Waals surface area contributed by atoms with Crippen molar-refractivity contribution in [2.75, 3.05) is 4.90 Å². The Morgan fingerprint density at radius 3 is 2.38 bits per heavy atom. The number of hydrogen-bond acceptors (Lipinski definition) is 2. The van der Waals surface area contributed by atoms with E-state index in [9.17, 15) is 0 Å². The van der Waals surface area contributed by atoms with Crippen LogP contribution in [0.5, 0.6) is 0 Å². The molecule has 2 unspecified atom stereocenters. The molecular weight excluding hydrogens is 544 g/mol. The fraction of sp³-hybridized carbons (Fsp3) is 0.0930. The van der Waals surface area contributed by atoms with Crippen LogP contribution in [0, 0.1) is 0 Å². The molecule has 1 aromatic heterocycles. The summed E-state index contributed by atoms with van der Waals surface area (Å²) in [5.41, 5.74) is 11.3. The molecule has 5 aromatic rings. The topological polar surface area (TPSA) is 16.1 Å². The van der Waals surface area contributed by atoms with Crippen LogP contribution < -0.4 is 15.3 Å². The zero-order chi connectivity index (χ0) is 30.3. The van der Waals surface area contributed by atoms with Crippen LogP contribution in [0.4, 0.5) is 17.1 Å². The monoisotopic (exact) mass is 578 g/mol. The molecule has 0 saturated carbocycles. The summed E-state index contributed by atoms with van der Waals surface area (Å²) in [6.45, 7) is 8.58. The van der Waals surface area contributed by atoms with Gasteiger partial charge in [-0.3, -0.25) is 4.98 Å². The summed E-state index contributed by atoms with van der Waals surface area (Å²) < 4.78 is 0. The van der Waals surface area contributed by atoms with Crippen molar-refractivity contribution in [3.05, 3.63) is 192 Å². The maximum atomic E-state index is 4.64. The number of pyridine rings is 1. The van der Waals surface area contributed by atoms with Crippen molar-refractivity contribution in [3.63, 3.8) is 0 Å². The molecule has 45 heavy (non-hydrogen) atoms. The molecule has 216 valence electrons. The van der Waals surface area contributed by atoms with E-state index in [1.807, 2.05) is 30.6 Å². The Balaban J connectivity index is 1.45. The second kappa shape index (κ2) is 11.2. The molecule has 0 bridgehead atoms. The highest BCUT2D eigenvalue weighted by molar-refractivity contribution is 6.07. The fourth-order valence-electron chi connectivity index (χ4n) is 7.79. The number of rotatable bonds is 7. The quantitative estimate of drug-likeness (QED) is 0.179. The van der Waals surface area contributed by atoms with E-state index in [1.54, 1.807) is 0 Å². The lowest BCUT2D eigenvalue weighted by atomic mass is 9.69. The lowest BCUT2D eigenvalue weighted by Crippen LogP contribution is -2.38. The van der Waals surface area contributed by atoms with Gasteiger partial charge in [-0.15, -0.1) is 0 Å². The van der Waals surface area contributed by atoms with Gasteiger partial charge in [-0.25, -0.2) is 0 Å². The first-order valence-electron chi connectivity index (χ1n) is 15.7. The van der Waals surface area contributed by atoms with Crippen LogP contribution in [-0.2, 0) is 0 Å². The predicted molar refractivity (Wildman–Crippen MR) is 189 cm³/mol. The Kier molecular flexibility index (Phi) is 6.76. The molecule has 0 N–H and O–H groups in total. The highest BCUT2D eigenvalue weighted by Gasteiger charge is 2.43. The van der Waals surface area contributed by atoms with Crippen molar-refractivity contribution < 1.29 is 0 Å². The Morgan fingerprint density at radius 2 is 1.60 bits per heavy atom. The molecule has 0 fully saturated rings. The van der Waals surface area contributed by atoms with Gasteiger partial charge in [-0.05, 0) is 92.4 Å². The lowest BCUT2D eigenvalue weighted by molar-refractivity contribution is 0.779. The van der Waals surface area contributed by atoms with E-state index in [0.29, 0.717) is 0 Å². The van der Waals surface area contributed by atoms with Crippen LogP contribution in [0.1, 0.15) is 35.8 Å². The first-order chi connectivity index (χ1) is 22.3. The van der Waals surface area contributed by atoms with Gasteiger partial charge in [0.25, 0.3) is 0 Å². The highest BCUT2D eigenvalue weighted by Crippen LogP contribution is 2.58. The van der Waals surface area contributed by atoms with Gasteiger partial charge in [-0.2, -0.15) is 0 Å². The molecule has 0 aliphatic heterocycles. The minimum atomic E-state index is 0.154. The molecule has 0 amide bonds. The largest absolute Gasteiger partial charge is 0.308 e. The smallest absolute Gasteiger partial charge is 0.0645 e. The lowest BCUT2D eigenvalue weighted by Gasteiger charge is -2.33. The Bertz CT molecular complexity index is 2160. The van der Waals surface area contributed by atoms with Crippen LogP contribution in [0.15, 0.2) is 170 Å². The van der Waals surface area contributed by atoms with E-state index >= 15 is 0 Å². The van der Waals surface area contributed by atoms with E-state index in [0.717, 1.165) is 35.5 Å². The standard InChI is InChI=1S/C43H34N2/c1-3-4-15-29(2)39-33-21-11-12-22-34(33)40(30-16-7-5-8-17-30)43-36-24-13-23-35-38(26-25-37(41(35)36)42(39)43)45(31-18-9-6-10-19-31)32-20-14-27-44-28-32/h3-7,9-16,18-28,42-43H,1-2,8,17H2/b15-4-. The molecular formula is C43H34N2. The van der Waals surface area contributed by atoms with E-state index in [4.69, 9.17) is 0 Å². The molecule has 3 aliphatic carbocycles. The molecule has 8 rings (SSSR count). The average molecular weight is 579 g/mol. The number of allylic oxidation sites excluding steroid dienone is 8. The van der Waals surface area contributed by atoms with Gasteiger partial charge >= 0.3 is 0 Å². The van der Waals surface area contributed by atoms with E-state index in [-0.39, 0.29) is 11.8 Å². The number of anilines is 3. The third kappa shape index (κ3) is 4.37. The van der Waals surface area contributed by atoms with Crippen LogP contribution in [-0.4, -0.2) is 4.98 Å². The highest BCUT2D eigenvalue weighted by atomic mass is 15.1. The van der Waals surface area contributed by atoms with Crippen LogP contribution >= 0.6 is 0 Å². The number of benzene rings is 4. The maximum absolute atomic E-state index is 4.64. The minimum absolute atomic E-state index is 0.154. The number of para-hydroxylation sites is 1. The zero-order valence-electron chi connectivity index (χ0n) is 25.2. The number of nitrogens with zero attached hydrogens (tertiary/aromatic N) is 2. The van der Waals surface area contributed by atoms with Crippen LogP contribution in [0.2, 0.25) is 0 Å². The summed E-state index contributed by atoms with van der Waals surface area (Å²) in [4.78, 5) is 6.83. The summed E-state index contributed by atoms with van der Waals surface area (Å²) in [5, 5.41) is 5.22. The molecule has 2 heteroatoms. The third-order valence-corrected chi connectivity index (χ3v) is 9.51. The van der Waals surface area contributed by atoms with Crippen LogP contribution in [0.25, 0.3) is 21.9 Å². The van der Waals surface area contributed by atoms with Crippen molar-refractivity contribution in [2.24, 2.45) is 0 Å². The SMILES string of the molecule is C=C/C=C\C(=C)C1=c2ccccc2=C(C2=CC=CCC2)C2c3cccc4c(N(c5ccccc5)c5cccnc5)ccc(c34)C12. The second-order valence-corrected chi connectivity index (χ2v) is 11.9. The molecule has 3 aliphatic rings. The van der Waals surface area contributed by atoms with E-state index < -0.39 is 0 Å². The van der Waals surface area contributed by atoms with Crippen molar-refractivity contribution in [2.45, 2.75) is 24.7 Å². The molecule has 4 aromatic carbocycles. The van der Waals surface area contributed by atoms with Crippen LogP contribution in [0.3, 0.4) is 0 Å². The van der Waals surface area contributed by atoms with Gasteiger partial charge < -0.3 is 4.90 Å².